The van der Waals surface area contributed by atoms with E-state index < -0.39 is 0 Å². The maximum Gasteiger partial charge on any atom is 0.204 e. The highest BCUT2D eigenvalue weighted by Crippen LogP contribution is 2.27. The standard InChI is InChI=1S/C35H46FN7O/c1-41(24-17-33(34-12-3-4-18-39-34)30-13-15-31(36)16-14-30)20-8-19-40-35(38)43(28-37)23-9-25-44-32-11-7-10-29(26-32)27-42-21-5-2-6-22-42/h3-4,7,10-16,18,26,33H,2,5-6,8-9,17,19-25,27H2,1H3,(H2,38,40). The zero-order valence-electron chi connectivity index (χ0n) is 25.9. The molecule has 1 aromatic heterocycles. The fourth-order valence-electron chi connectivity index (χ4n) is 5.61. The van der Waals surface area contributed by atoms with Gasteiger partial charge in [0.25, 0.3) is 0 Å². The van der Waals surface area contributed by atoms with Crippen molar-refractivity contribution in [1.29, 1.82) is 10.7 Å². The first-order valence-electron chi connectivity index (χ1n) is 15.8. The number of pyridine rings is 1. The zero-order chi connectivity index (χ0) is 31.0. The number of hydrogen-bond donors (Lipinski definition) is 2. The summed E-state index contributed by atoms with van der Waals surface area (Å²) in [5.41, 5.74) is 3.29. The molecule has 0 radical (unpaired) electrons. The number of benzene rings is 2. The SMILES string of the molecule is CN(CCCNC(=N)N(C#N)CCCOc1cccc(CN2CCCCC2)c1)CCC(c1ccc(F)cc1)c1ccccn1. The smallest absolute Gasteiger partial charge is 0.204 e. The molecule has 1 fully saturated rings. The highest BCUT2D eigenvalue weighted by molar-refractivity contribution is 5.78. The third-order valence-corrected chi connectivity index (χ3v) is 8.06. The Morgan fingerprint density at radius 3 is 2.61 bits per heavy atom. The number of aromatic nitrogens is 1. The van der Waals surface area contributed by atoms with Crippen molar-refractivity contribution in [1.82, 2.24) is 25.0 Å². The predicted octanol–water partition coefficient (Wildman–Crippen LogP) is 5.83. The summed E-state index contributed by atoms with van der Waals surface area (Å²) >= 11 is 0. The third kappa shape index (κ3) is 10.9. The molecule has 0 saturated carbocycles. The van der Waals surface area contributed by atoms with Crippen LogP contribution in [0.5, 0.6) is 5.75 Å². The van der Waals surface area contributed by atoms with Crippen molar-refractivity contribution in [3.63, 3.8) is 0 Å². The number of nitrogens with one attached hydrogen (secondary N) is 2. The van der Waals surface area contributed by atoms with E-state index in [1.54, 1.807) is 6.20 Å². The lowest BCUT2D eigenvalue weighted by Crippen LogP contribution is -2.39. The Hall–Kier alpha value is -4.00. The Balaban J connectivity index is 1.12. The summed E-state index contributed by atoms with van der Waals surface area (Å²) in [5, 5.41) is 21.0. The molecule has 1 saturated heterocycles. The topological polar surface area (TPSA) is 91.5 Å². The Morgan fingerprint density at radius 1 is 1.05 bits per heavy atom. The van der Waals surface area contributed by atoms with E-state index in [2.05, 4.69) is 45.5 Å². The van der Waals surface area contributed by atoms with Crippen LogP contribution in [-0.2, 0) is 6.54 Å². The van der Waals surface area contributed by atoms with E-state index >= 15 is 0 Å². The van der Waals surface area contributed by atoms with E-state index in [-0.39, 0.29) is 17.7 Å². The van der Waals surface area contributed by atoms with Crippen molar-refractivity contribution in [2.75, 3.05) is 52.9 Å². The number of ether oxygens (including phenoxy) is 1. The monoisotopic (exact) mass is 599 g/mol. The van der Waals surface area contributed by atoms with Crippen molar-refractivity contribution >= 4 is 5.96 Å². The number of hydrogen-bond acceptors (Lipinski definition) is 6. The Morgan fingerprint density at radius 2 is 1.86 bits per heavy atom. The maximum absolute atomic E-state index is 13.5. The van der Waals surface area contributed by atoms with Gasteiger partial charge >= 0.3 is 0 Å². The lowest BCUT2D eigenvalue weighted by molar-refractivity contribution is 0.220. The molecule has 3 aromatic rings. The molecule has 1 unspecified atom stereocenters. The normalized spacial score (nSPS) is 14.1. The summed E-state index contributed by atoms with van der Waals surface area (Å²) in [5.74, 6) is 0.813. The van der Waals surface area contributed by atoms with Gasteiger partial charge in [0.05, 0.1) is 6.61 Å². The van der Waals surface area contributed by atoms with Gasteiger partial charge in [0.1, 0.15) is 11.6 Å². The Labute approximate surface area is 262 Å². The minimum absolute atomic E-state index is 0.0854. The summed E-state index contributed by atoms with van der Waals surface area (Å²) < 4.78 is 19.5. The average Bonchev–Trinajstić information content (AvgIpc) is 3.05. The van der Waals surface area contributed by atoms with Gasteiger partial charge in [0.15, 0.2) is 6.19 Å². The number of nitrogens with zero attached hydrogens (tertiary/aromatic N) is 5. The highest BCUT2D eigenvalue weighted by atomic mass is 19.1. The van der Waals surface area contributed by atoms with Crippen LogP contribution >= 0.6 is 0 Å². The van der Waals surface area contributed by atoms with Gasteiger partial charge in [-0.25, -0.2) is 9.29 Å². The van der Waals surface area contributed by atoms with Crippen molar-refractivity contribution in [3.05, 3.63) is 95.6 Å². The van der Waals surface area contributed by atoms with Crippen LogP contribution in [0.15, 0.2) is 72.9 Å². The molecule has 9 heteroatoms. The second kappa shape index (κ2) is 18.0. The molecular weight excluding hydrogens is 553 g/mol. The fraction of sp³-hybridized carbons (Fsp3) is 0.457. The molecular formula is C35H46FN7O. The third-order valence-electron chi connectivity index (χ3n) is 8.06. The molecule has 0 spiro atoms. The number of nitriles is 1. The lowest BCUT2D eigenvalue weighted by Gasteiger charge is -2.26. The Bertz CT molecular complexity index is 1310. The molecule has 0 bridgehead atoms. The van der Waals surface area contributed by atoms with Gasteiger partial charge in [0.2, 0.25) is 5.96 Å². The summed E-state index contributed by atoms with van der Waals surface area (Å²) in [4.78, 5) is 10.7. The summed E-state index contributed by atoms with van der Waals surface area (Å²) in [6.07, 6.45) is 10.1. The number of piperidine rings is 1. The molecule has 1 aliphatic rings. The van der Waals surface area contributed by atoms with Crippen LogP contribution in [0.1, 0.15) is 61.3 Å². The molecule has 0 aliphatic carbocycles. The fourth-order valence-corrected chi connectivity index (χ4v) is 5.61. The van der Waals surface area contributed by atoms with Gasteiger partial charge in [-0.05, 0) is 106 Å². The van der Waals surface area contributed by atoms with E-state index in [1.807, 2.05) is 42.5 Å². The van der Waals surface area contributed by atoms with Crippen LogP contribution in [0.2, 0.25) is 0 Å². The molecule has 44 heavy (non-hydrogen) atoms. The van der Waals surface area contributed by atoms with Gasteiger partial charge in [-0.3, -0.25) is 15.3 Å². The number of likely N-dealkylation sites (tertiary alicyclic amines) is 1. The van der Waals surface area contributed by atoms with Gasteiger partial charge in [0, 0.05) is 43.9 Å². The first kappa shape index (κ1) is 32.9. The molecule has 4 rings (SSSR count). The first-order chi connectivity index (χ1) is 21.5. The van der Waals surface area contributed by atoms with Gasteiger partial charge < -0.3 is 15.0 Å². The largest absolute Gasteiger partial charge is 0.494 e. The maximum atomic E-state index is 13.5. The average molecular weight is 600 g/mol. The van der Waals surface area contributed by atoms with Crippen molar-refractivity contribution in [2.24, 2.45) is 0 Å². The van der Waals surface area contributed by atoms with Crippen LogP contribution in [0, 0.1) is 22.7 Å². The molecule has 234 valence electrons. The van der Waals surface area contributed by atoms with Crippen LogP contribution < -0.4 is 10.1 Å². The zero-order valence-corrected chi connectivity index (χ0v) is 25.9. The van der Waals surface area contributed by atoms with Crippen molar-refractivity contribution in [2.45, 2.75) is 51.0 Å². The molecule has 2 aromatic carbocycles. The Kier molecular flexibility index (Phi) is 13.4. The molecule has 1 atom stereocenters. The predicted molar refractivity (Wildman–Crippen MR) is 173 cm³/mol. The molecule has 8 nitrogen and oxygen atoms in total. The van der Waals surface area contributed by atoms with Crippen LogP contribution in [0.4, 0.5) is 4.39 Å². The van der Waals surface area contributed by atoms with Crippen LogP contribution in [-0.4, -0.2) is 78.6 Å². The van der Waals surface area contributed by atoms with Crippen LogP contribution in [0.3, 0.4) is 0 Å². The molecule has 0 amide bonds. The quantitative estimate of drug-likeness (QED) is 0.0704. The summed E-state index contributed by atoms with van der Waals surface area (Å²) in [7, 11) is 2.08. The summed E-state index contributed by atoms with van der Waals surface area (Å²) in [6.45, 7) is 6.49. The number of halogens is 1. The van der Waals surface area contributed by atoms with E-state index in [0.29, 0.717) is 26.1 Å². The number of guanidine groups is 1. The van der Waals surface area contributed by atoms with Crippen molar-refractivity contribution in [3.8, 4) is 11.9 Å². The van der Waals surface area contributed by atoms with E-state index in [4.69, 9.17) is 10.1 Å². The first-order valence-corrected chi connectivity index (χ1v) is 15.8. The lowest BCUT2D eigenvalue weighted by atomic mass is 9.91. The minimum Gasteiger partial charge on any atom is -0.494 e. The summed E-state index contributed by atoms with van der Waals surface area (Å²) in [6, 6.07) is 20.9. The van der Waals surface area contributed by atoms with E-state index in [1.165, 1.54) is 41.9 Å². The number of rotatable bonds is 16. The van der Waals surface area contributed by atoms with Gasteiger partial charge in [-0.1, -0.05) is 36.8 Å². The van der Waals surface area contributed by atoms with E-state index in [9.17, 15) is 9.65 Å². The van der Waals surface area contributed by atoms with Crippen molar-refractivity contribution < 1.29 is 9.13 Å². The van der Waals surface area contributed by atoms with Crippen LogP contribution in [0.25, 0.3) is 0 Å². The van der Waals surface area contributed by atoms with Gasteiger partial charge in [-0.15, -0.1) is 0 Å². The molecule has 2 N–H and O–H groups in total. The second-order valence-corrected chi connectivity index (χ2v) is 11.5. The highest BCUT2D eigenvalue weighted by Gasteiger charge is 2.17. The van der Waals surface area contributed by atoms with E-state index in [0.717, 1.165) is 62.6 Å². The molecule has 2 heterocycles. The molecule has 1 aliphatic heterocycles. The minimum atomic E-state index is -0.240. The van der Waals surface area contributed by atoms with Gasteiger partial charge in [-0.2, -0.15) is 5.26 Å². The second-order valence-electron chi connectivity index (χ2n) is 11.5.